The number of nitrogens with zero attached hydrogens (tertiary/aromatic N) is 2. The van der Waals surface area contributed by atoms with Gasteiger partial charge in [-0.15, -0.1) is 0 Å². The van der Waals surface area contributed by atoms with Crippen molar-refractivity contribution in [1.82, 2.24) is 0 Å². The highest BCUT2D eigenvalue weighted by Crippen LogP contribution is 2.27. The molecule has 7 nitrogen and oxygen atoms in total. The number of ether oxygens (including phenoxy) is 2. The largest absolute Gasteiger partial charge is 0.493 e. The summed E-state index contributed by atoms with van der Waals surface area (Å²) in [5.41, 5.74) is 1.55. The SMILES string of the molecule is CCOc1ccccc1C=C1N=C(c2cccc([N+](=O)[O-])c2C)OC1=O. The molecule has 132 valence electrons. The van der Waals surface area contributed by atoms with E-state index in [4.69, 9.17) is 9.47 Å². The molecule has 0 radical (unpaired) electrons. The third-order valence-corrected chi connectivity index (χ3v) is 3.86. The quantitative estimate of drug-likeness (QED) is 0.354. The maximum absolute atomic E-state index is 12.2. The standard InChI is InChI=1S/C19H16N2O5/c1-3-25-17-10-5-4-7-13(17)11-15-19(22)26-18(20-15)14-8-6-9-16(12(14)2)21(23)24/h4-11H,3H2,1-2H3. The number of nitro benzene ring substituents is 1. The van der Waals surface area contributed by atoms with Gasteiger partial charge in [0.1, 0.15) is 5.75 Å². The van der Waals surface area contributed by atoms with Crippen LogP contribution in [-0.2, 0) is 9.53 Å². The Bertz CT molecular complexity index is 947. The number of hydrogen-bond acceptors (Lipinski definition) is 6. The summed E-state index contributed by atoms with van der Waals surface area (Å²) in [5, 5.41) is 11.1. The Morgan fingerprint density at radius 1 is 1.23 bits per heavy atom. The van der Waals surface area contributed by atoms with E-state index in [1.807, 2.05) is 19.1 Å². The molecule has 0 N–H and O–H groups in total. The molecule has 1 aliphatic heterocycles. The first kappa shape index (κ1) is 17.3. The monoisotopic (exact) mass is 352 g/mol. The predicted octanol–water partition coefficient (Wildman–Crippen LogP) is 3.65. The van der Waals surface area contributed by atoms with Gasteiger partial charge in [0.05, 0.1) is 11.5 Å². The van der Waals surface area contributed by atoms with E-state index in [0.29, 0.717) is 29.0 Å². The second-order valence-electron chi connectivity index (χ2n) is 5.51. The molecule has 0 atom stereocenters. The number of aliphatic imine (C=N–C) groups is 1. The molecule has 0 spiro atoms. The molecule has 2 aromatic rings. The van der Waals surface area contributed by atoms with E-state index in [1.54, 1.807) is 31.2 Å². The van der Waals surface area contributed by atoms with E-state index in [-0.39, 0.29) is 17.3 Å². The molecule has 0 amide bonds. The van der Waals surface area contributed by atoms with Crippen LogP contribution < -0.4 is 4.74 Å². The molecule has 0 aliphatic carbocycles. The van der Waals surface area contributed by atoms with Gasteiger partial charge in [0.25, 0.3) is 5.69 Å². The van der Waals surface area contributed by atoms with Gasteiger partial charge in [0.15, 0.2) is 5.70 Å². The molecule has 0 saturated heterocycles. The van der Waals surface area contributed by atoms with Crippen molar-refractivity contribution in [3.05, 3.63) is 75.0 Å². The highest BCUT2D eigenvalue weighted by Gasteiger charge is 2.27. The van der Waals surface area contributed by atoms with E-state index in [9.17, 15) is 14.9 Å². The summed E-state index contributed by atoms with van der Waals surface area (Å²) in [6.07, 6.45) is 1.58. The Hall–Kier alpha value is -3.48. The van der Waals surface area contributed by atoms with Crippen LogP contribution in [0.25, 0.3) is 6.08 Å². The molecular formula is C19H16N2O5. The fourth-order valence-corrected chi connectivity index (χ4v) is 2.61. The van der Waals surface area contributed by atoms with Crippen LogP contribution in [0.3, 0.4) is 0 Å². The van der Waals surface area contributed by atoms with Crippen molar-refractivity contribution in [1.29, 1.82) is 0 Å². The number of cyclic esters (lactones) is 1. The second kappa shape index (κ2) is 7.18. The number of para-hydroxylation sites is 1. The van der Waals surface area contributed by atoms with E-state index >= 15 is 0 Å². The number of hydrogen-bond donors (Lipinski definition) is 0. The Labute approximate surface area is 149 Å². The summed E-state index contributed by atoms with van der Waals surface area (Å²) in [4.78, 5) is 27.0. The molecule has 1 aliphatic rings. The van der Waals surface area contributed by atoms with Gasteiger partial charge < -0.3 is 9.47 Å². The van der Waals surface area contributed by atoms with Crippen molar-refractivity contribution in [2.75, 3.05) is 6.61 Å². The predicted molar refractivity (Wildman–Crippen MR) is 96.1 cm³/mol. The molecule has 3 rings (SSSR count). The fourth-order valence-electron chi connectivity index (χ4n) is 2.61. The number of esters is 1. The molecule has 0 bridgehead atoms. The van der Waals surface area contributed by atoms with Gasteiger partial charge in [-0.1, -0.05) is 24.3 Å². The smallest absolute Gasteiger partial charge is 0.363 e. The van der Waals surface area contributed by atoms with Crippen LogP contribution in [0, 0.1) is 17.0 Å². The number of carbonyl (C=O) groups is 1. The lowest BCUT2D eigenvalue weighted by atomic mass is 10.1. The zero-order valence-electron chi connectivity index (χ0n) is 14.3. The normalized spacial score (nSPS) is 14.9. The summed E-state index contributed by atoms with van der Waals surface area (Å²) >= 11 is 0. The van der Waals surface area contributed by atoms with Crippen LogP contribution in [0.5, 0.6) is 5.75 Å². The van der Waals surface area contributed by atoms with Crippen molar-refractivity contribution in [2.24, 2.45) is 4.99 Å². The molecule has 2 aromatic carbocycles. The first-order valence-corrected chi connectivity index (χ1v) is 8.00. The zero-order valence-corrected chi connectivity index (χ0v) is 14.3. The molecule has 1 heterocycles. The molecule has 7 heteroatoms. The van der Waals surface area contributed by atoms with Gasteiger partial charge in [0, 0.05) is 22.8 Å². The zero-order chi connectivity index (χ0) is 18.7. The van der Waals surface area contributed by atoms with Crippen LogP contribution in [-0.4, -0.2) is 23.4 Å². The highest BCUT2D eigenvalue weighted by molar-refractivity contribution is 6.13. The number of benzene rings is 2. The third-order valence-electron chi connectivity index (χ3n) is 3.86. The summed E-state index contributed by atoms with van der Waals surface area (Å²) in [7, 11) is 0. The molecule has 0 fully saturated rings. The molecule has 0 aromatic heterocycles. The van der Waals surface area contributed by atoms with E-state index in [1.165, 1.54) is 12.1 Å². The average Bonchev–Trinajstić information content (AvgIpc) is 2.97. The molecule has 0 saturated carbocycles. The van der Waals surface area contributed by atoms with Crippen molar-refractivity contribution in [3.63, 3.8) is 0 Å². The maximum Gasteiger partial charge on any atom is 0.363 e. The summed E-state index contributed by atoms with van der Waals surface area (Å²) in [6.45, 7) is 3.96. The third kappa shape index (κ3) is 3.32. The van der Waals surface area contributed by atoms with E-state index < -0.39 is 10.9 Å². The molecule has 0 unspecified atom stereocenters. The fraction of sp³-hybridized carbons (Fsp3) is 0.158. The van der Waals surface area contributed by atoms with Crippen molar-refractivity contribution < 1.29 is 19.2 Å². The minimum atomic E-state index is -0.614. The topological polar surface area (TPSA) is 91.0 Å². The summed E-state index contributed by atoms with van der Waals surface area (Å²) in [5.74, 6) is 0.0685. The lowest BCUT2D eigenvalue weighted by Gasteiger charge is -2.06. The summed E-state index contributed by atoms with van der Waals surface area (Å²) in [6, 6.07) is 11.8. The van der Waals surface area contributed by atoms with Crippen molar-refractivity contribution >= 4 is 23.6 Å². The van der Waals surface area contributed by atoms with Gasteiger partial charge in [-0.3, -0.25) is 10.1 Å². The van der Waals surface area contributed by atoms with Crippen LogP contribution in [0.15, 0.2) is 53.2 Å². The summed E-state index contributed by atoms with van der Waals surface area (Å²) < 4.78 is 10.8. The number of rotatable bonds is 5. The van der Waals surface area contributed by atoms with E-state index in [0.717, 1.165) is 0 Å². The Morgan fingerprint density at radius 2 is 2.00 bits per heavy atom. The Balaban J connectivity index is 2.01. The highest BCUT2D eigenvalue weighted by atomic mass is 16.6. The minimum Gasteiger partial charge on any atom is -0.493 e. The van der Waals surface area contributed by atoms with E-state index in [2.05, 4.69) is 4.99 Å². The van der Waals surface area contributed by atoms with Crippen molar-refractivity contribution in [3.8, 4) is 5.75 Å². The van der Waals surface area contributed by atoms with Gasteiger partial charge in [-0.05, 0) is 32.1 Å². The first-order valence-electron chi connectivity index (χ1n) is 8.00. The van der Waals surface area contributed by atoms with Crippen LogP contribution >= 0.6 is 0 Å². The van der Waals surface area contributed by atoms with Gasteiger partial charge in [-0.2, -0.15) is 0 Å². The van der Waals surface area contributed by atoms with Crippen LogP contribution in [0.1, 0.15) is 23.6 Å². The number of nitro groups is 1. The molecule has 26 heavy (non-hydrogen) atoms. The minimum absolute atomic E-state index is 0.0522. The average molecular weight is 352 g/mol. The van der Waals surface area contributed by atoms with Gasteiger partial charge in [0.2, 0.25) is 5.90 Å². The maximum atomic E-state index is 12.2. The van der Waals surface area contributed by atoms with Crippen LogP contribution in [0.2, 0.25) is 0 Å². The second-order valence-corrected chi connectivity index (χ2v) is 5.51. The van der Waals surface area contributed by atoms with Crippen molar-refractivity contribution in [2.45, 2.75) is 13.8 Å². The Kier molecular flexibility index (Phi) is 4.79. The lowest BCUT2D eigenvalue weighted by Crippen LogP contribution is -2.08. The molecular weight excluding hydrogens is 336 g/mol. The first-order chi connectivity index (χ1) is 12.5. The Morgan fingerprint density at radius 3 is 2.73 bits per heavy atom. The number of carbonyl (C=O) groups excluding carboxylic acids is 1. The van der Waals surface area contributed by atoms with Crippen LogP contribution in [0.4, 0.5) is 5.69 Å². The lowest BCUT2D eigenvalue weighted by molar-refractivity contribution is -0.385. The van der Waals surface area contributed by atoms with Gasteiger partial charge >= 0.3 is 5.97 Å². The van der Waals surface area contributed by atoms with Gasteiger partial charge in [-0.25, -0.2) is 9.79 Å².